The maximum Gasteiger partial charge on any atom is 0.231 e. The second kappa shape index (κ2) is 5.11. The first-order valence-corrected chi connectivity index (χ1v) is 6.97. The van der Waals surface area contributed by atoms with E-state index in [2.05, 4.69) is 11.4 Å². The van der Waals surface area contributed by atoms with Crippen molar-refractivity contribution in [2.24, 2.45) is 0 Å². The van der Waals surface area contributed by atoms with Crippen LogP contribution in [0.3, 0.4) is 0 Å². The van der Waals surface area contributed by atoms with Crippen molar-refractivity contribution >= 4 is 5.91 Å². The van der Waals surface area contributed by atoms with Crippen LogP contribution in [0.5, 0.6) is 11.5 Å². The van der Waals surface area contributed by atoms with Crippen molar-refractivity contribution in [3.8, 4) is 11.5 Å². The lowest BCUT2D eigenvalue weighted by Crippen LogP contribution is -2.24. The van der Waals surface area contributed by atoms with Gasteiger partial charge in [-0.3, -0.25) is 4.79 Å². The number of hydrogen-bond acceptors (Lipinski definition) is 3. The summed E-state index contributed by atoms with van der Waals surface area (Å²) in [5.74, 6) is 2.39. The molecule has 0 fully saturated rings. The van der Waals surface area contributed by atoms with Gasteiger partial charge in [-0.1, -0.05) is 13.0 Å². The molecule has 19 heavy (non-hydrogen) atoms. The van der Waals surface area contributed by atoms with Gasteiger partial charge < -0.3 is 14.8 Å². The van der Waals surface area contributed by atoms with E-state index >= 15 is 0 Å². The number of hydrogen-bond donors (Lipinski definition) is 1. The van der Waals surface area contributed by atoms with Crippen LogP contribution in [0.15, 0.2) is 12.1 Å². The molecule has 1 aliphatic carbocycles. The summed E-state index contributed by atoms with van der Waals surface area (Å²) in [7, 11) is 0. The van der Waals surface area contributed by atoms with E-state index in [1.54, 1.807) is 0 Å². The van der Waals surface area contributed by atoms with E-state index in [4.69, 9.17) is 9.47 Å². The van der Waals surface area contributed by atoms with Crippen molar-refractivity contribution in [3.63, 3.8) is 0 Å². The highest BCUT2D eigenvalue weighted by atomic mass is 16.7. The van der Waals surface area contributed by atoms with Crippen LogP contribution < -0.4 is 14.8 Å². The second-order valence-electron chi connectivity index (χ2n) is 5.10. The van der Waals surface area contributed by atoms with Crippen molar-refractivity contribution in [3.05, 3.63) is 23.3 Å². The first-order valence-electron chi connectivity index (χ1n) is 6.97. The van der Waals surface area contributed by atoms with E-state index in [0.717, 1.165) is 37.3 Å². The molecular formula is C15H19NO3. The number of rotatable bonds is 4. The molecule has 1 N–H and O–H groups in total. The van der Waals surface area contributed by atoms with E-state index in [1.165, 1.54) is 11.1 Å². The number of fused-ring (bicyclic) bond motifs is 3. The van der Waals surface area contributed by atoms with Crippen LogP contribution in [0.2, 0.25) is 0 Å². The number of amides is 1. The minimum absolute atomic E-state index is 0.121. The molecule has 0 radical (unpaired) electrons. The van der Waals surface area contributed by atoms with Crippen LogP contribution in [-0.4, -0.2) is 19.2 Å². The highest BCUT2D eigenvalue weighted by Crippen LogP contribution is 2.47. The largest absolute Gasteiger partial charge is 0.454 e. The Morgan fingerprint density at radius 3 is 3.16 bits per heavy atom. The molecule has 0 saturated heterocycles. The third-order valence-corrected chi connectivity index (χ3v) is 3.97. The number of aryl methyl sites for hydroxylation is 1. The molecular weight excluding hydrogens is 242 g/mol. The standard InChI is InChI=1S/C15H19NO3/c1-2-13(17)16-8-7-11-4-3-10-5-6-12-15(14(10)11)19-9-18-12/h5-6,11H,2-4,7-9H2,1H3,(H,16,17)/t11-/m1/s1. The molecule has 2 aliphatic rings. The number of carbonyl (C=O) groups is 1. The fourth-order valence-electron chi connectivity index (χ4n) is 2.97. The lowest BCUT2D eigenvalue weighted by molar-refractivity contribution is -0.120. The van der Waals surface area contributed by atoms with Gasteiger partial charge in [-0.05, 0) is 36.8 Å². The molecule has 0 unspecified atom stereocenters. The SMILES string of the molecule is CCC(=O)NCC[C@H]1CCc2ccc3c(c21)OCO3. The lowest BCUT2D eigenvalue weighted by atomic mass is 9.96. The molecule has 0 spiro atoms. The maximum absolute atomic E-state index is 11.3. The summed E-state index contributed by atoms with van der Waals surface area (Å²) in [6.45, 7) is 2.94. The van der Waals surface area contributed by atoms with Gasteiger partial charge in [0, 0.05) is 18.5 Å². The molecule has 4 heteroatoms. The Kier molecular flexibility index (Phi) is 3.32. The van der Waals surface area contributed by atoms with Crippen molar-refractivity contribution in [2.75, 3.05) is 13.3 Å². The smallest absolute Gasteiger partial charge is 0.231 e. The van der Waals surface area contributed by atoms with Gasteiger partial charge in [0.15, 0.2) is 11.5 Å². The van der Waals surface area contributed by atoms with Crippen molar-refractivity contribution in [1.82, 2.24) is 5.32 Å². The monoisotopic (exact) mass is 261 g/mol. The van der Waals surface area contributed by atoms with Crippen LogP contribution in [0.25, 0.3) is 0 Å². The molecule has 1 aromatic carbocycles. The Bertz CT molecular complexity index is 498. The minimum atomic E-state index is 0.121. The molecule has 4 nitrogen and oxygen atoms in total. The summed E-state index contributed by atoms with van der Waals surface area (Å²) >= 11 is 0. The third-order valence-electron chi connectivity index (χ3n) is 3.97. The van der Waals surface area contributed by atoms with Crippen molar-refractivity contribution < 1.29 is 14.3 Å². The Hall–Kier alpha value is -1.71. The fourth-order valence-corrected chi connectivity index (χ4v) is 2.97. The average Bonchev–Trinajstić information content (AvgIpc) is 3.03. The summed E-state index contributed by atoms with van der Waals surface area (Å²) in [6, 6.07) is 4.15. The minimum Gasteiger partial charge on any atom is -0.454 e. The average molecular weight is 261 g/mol. The third kappa shape index (κ3) is 2.27. The summed E-state index contributed by atoms with van der Waals surface area (Å²) < 4.78 is 11.1. The quantitative estimate of drug-likeness (QED) is 0.905. The van der Waals surface area contributed by atoms with Gasteiger partial charge in [-0.15, -0.1) is 0 Å². The zero-order valence-corrected chi connectivity index (χ0v) is 11.2. The summed E-state index contributed by atoms with van der Waals surface area (Å²) in [5, 5.41) is 2.95. The molecule has 1 amide bonds. The van der Waals surface area contributed by atoms with E-state index in [9.17, 15) is 4.79 Å². The molecule has 1 aliphatic heterocycles. The van der Waals surface area contributed by atoms with Crippen LogP contribution in [-0.2, 0) is 11.2 Å². The second-order valence-corrected chi connectivity index (χ2v) is 5.10. The van der Waals surface area contributed by atoms with Crippen LogP contribution in [0.4, 0.5) is 0 Å². The van der Waals surface area contributed by atoms with Crippen molar-refractivity contribution in [2.45, 2.75) is 38.5 Å². The van der Waals surface area contributed by atoms with Gasteiger partial charge in [0.05, 0.1) is 0 Å². The molecule has 102 valence electrons. The molecule has 0 saturated carbocycles. The van der Waals surface area contributed by atoms with E-state index < -0.39 is 0 Å². The highest BCUT2D eigenvalue weighted by Gasteiger charge is 2.30. The molecule has 1 atom stereocenters. The van der Waals surface area contributed by atoms with E-state index in [0.29, 0.717) is 19.1 Å². The van der Waals surface area contributed by atoms with Crippen LogP contribution in [0, 0.1) is 0 Å². The van der Waals surface area contributed by atoms with E-state index in [-0.39, 0.29) is 5.91 Å². The topological polar surface area (TPSA) is 47.6 Å². The Labute approximate surface area is 113 Å². The van der Waals surface area contributed by atoms with Gasteiger partial charge in [0.25, 0.3) is 0 Å². The summed E-state index contributed by atoms with van der Waals surface area (Å²) in [4.78, 5) is 11.3. The lowest BCUT2D eigenvalue weighted by Gasteiger charge is -2.14. The Balaban J connectivity index is 1.71. The first kappa shape index (κ1) is 12.3. The predicted molar refractivity (Wildman–Crippen MR) is 71.5 cm³/mol. The zero-order chi connectivity index (χ0) is 13.2. The molecule has 3 rings (SSSR count). The van der Waals surface area contributed by atoms with Gasteiger partial charge in [0.1, 0.15) is 0 Å². The molecule has 1 heterocycles. The highest BCUT2D eigenvalue weighted by molar-refractivity contribution is 5.75. The van der Waals surface area contributed by atoms with Crippen LogP contribution in [0.1, 0.15) is 43.2 Å². The fraction of sp³-hybridized carbons (Fsp3) is 0.533. The van der Waals surface area contributed by atoms with Gasteiger partial charge in [-0.2, -0.15) is 0 Å². The van der Waals surface area contributed by atoms with Gasteiger partial charge >= 0.3 is 0 Å². The number of nitrogens with one attached hydrogen (secondary N) is 1. The van der Waals surface area contributed by atoms with Gasteiger partial charge in [-0.25, -0.2) is 0 Å². The molecule has 1 aromatic rings. The summed E-state index contributed by atoms with van der Waals surface area (Å²) in [5.41, 5.74) is 2.68. The van der Waals surface area contributed by atoms with Gasteiger partial charge in [0.2, 0.25) is 12.7 Å². The maximum atomic E-state index is 11.3. The van der Waals surface area contributed by atoms with E-state index in [1.807, 2.05) is 13.0 Å². The molecule has 0 bridgehead atoms. The van der Waals surface area contributed by atoms with Crippen molar-refractivity contribution in [1.29, 1.82) is 0 Å². The zero-order valence-electron chi connectivity index (χ0n) is 11.2. The summed E-state index contributed by atoms with van der Waals surface area (Å²) in [6.07, 6.45) is 3.75. The van der Waals surface area contributed by atoms with Crippen LogP contribution >= 0.6 is 0 Å². The predicted octanol–water partition coefficient (Wildman–Crippen LogP) is 2.36. The number of ether oxygens (including phenoxy) is 2. The molecule has 0 aromatic heterocycles. The number of benzene rings is 1. The Morgan fingerprint density at radius 2 is 2.32 bits per heavy atom. The first-order chi connectivity index (χ1) is 9.29. The normalized spacial score (nSPS) is 19.3. The Morgan fingerprint density at radius 1 is 1.42 bits per heavy atom. The number of carbonyl (C=O) groups excluding carboxylic acids is 1.